The Balaban J connectivity index is 1.49. The van der Waals surface area contributed by atoms with Gasteiger partial charge in [-0.3, -0.25) is 0 Å². The van der Waals surface area contributed by atoms with Gasteiger partial charge >= 0.3 is 0 Å². The van der Waals surface area contributed by atoms with Crippen molar-refractivity contribution in [3.8, 4) is 0 Å². The molecule has 0 aromatic rings. The van der Waals surface area contributed by atoms with Gasteiger partial charge in [-0.2, -0.15) is 0 Å². The lowest BCUT2D eigenvalue weighted by Gasteiger charge is -2.58. The van der Waals surface area contributed by atoms with Gasteiger partial charge in [-0.25, -0.2) is 0 Å². The van der Waals surface area contributed by atoms with Gasteiger partial charge in [-0.05, 0) is 62.2 Å². The molecule has 0 aromatic heterocycles. The van der Waals surface area contributed by atoms with Gasteiger partial charge < -0.3 is 14.6 Å². The Morgan fingerprint density at radius 1 is 1.21 bits per heavy atom. The molecule has 3 nitrogen and oxygen atoms in total. The van der Waals surface area contributed by atoms with Crippen LogP contribution in [0.3, 0.4) is 0 Å². The van der Waals surface area contributed by atoms with E-state index < -0.39 is 0 Å². The lowest BCUT2D eigenvalue weighted by atomic mass is 9.50. The van der Waals surface area contributed by atoms with Gasteiger partial charge in [0.2, 0.25) is 0 Å². The summed E-state index contributed by atoms with van der Waals surface area (Å²) in [4.78, 5) is 0. The number of ether oxygens (including phenoxy) is 2. The van der Waals surface area contributed by atoms with E-state index >= 15 is 0 Å². The van der Waals surface area contributed by atoms with E-state index in [1.807, 2.05) is 0 Å². The fraction of sp³-hybridized carbons (Fsp3) is 0.905. The molecule has 24 heavy (non-hydrogen) atoms. The summed E-state index contributed by atoms with van der Waals surface area (Å²) < 4.78 is 12.7. The van der Waals surface area contributed by atoms with Crippen molar-refractivity contribution in [2.45, 2.75) is 77.1 Å². The van der Waals surface area contributed by atoms with Crippen LogP contribution in [0.5, 0.6) is 0 Å². The minimum Gasteiger partial charge on any atom is -0.396 e. The average molecular weight is 335 g/mol. The fourth-order valence-corrected chi connectivity index (χ4v) is 6.51. The van der Waals surface area contributed by atoms with Gasteiger partial charge in [0.25, 0.3) is 0 Å². The summed E-state index contributed by atoms with van der Waals surface area (Å²) in [6, 6.07) is 0. The van der Waals surface area contributed by atoms with Crippen molar-refractivity contribution in [2.24, 2.45) is 29.1 Å². The largest absolute Gasteiger partial charge is 0.396 e. The lowest BCUT2D eigenvalue weighted by molar-refractivity contribution is -0.285. The third-order valence-electron chi connectivity index (χ3n) is 7.84. The van der Waals surface area contributed by atoms with Gasteiger partial charge in [-0.15, -0.1) is 0 Å². The maximum absolute atomic E-state index is 9.54. The molecule has 4 rings (SSSR count). The van der Waals surface area contributed by atoms with Crippen molar-refractivity contribution >= 4 is 0 Å². The fourth-order valence-electron chi connectivity index (χ4n) is 6.51. The van der Waals surface area contributed by atoms with Crippen LogP contribution < -0.4 is 0 Å². The number of aliphatic hydroxyl groups is 1. The third kappa shape index (κ3) is 2.77. The van der Waals surface area contributed by atoms with Crippen LogP contribution in [0.4, 0.5) is 0 Å². The summed E-state index contributed by atoms with van der Waals surface area (Å²) in [6.07, 6.45) is 11.3. The number of hydrogen-bond acceptors (Lipinski definition) is 3. The number of aliphatic hydroxyl groups excluding tert-OH is 1. The highest BCUT2D eigenvalue weighted by Crippen LogP contribution is 2.59. The van der Waals surface area contributed by atoms with Crippen molar-refractivity contribution in [1.82, 2.24) is 0 Å². The molecule has 0 bridgehead atoms. The molecule has 1 N–H and O–H groups in total. The van der Waals surface area contributed by atoms with Crippen LogP contribution >= 0.6 is 0 Å². The van der Waals surface area contributed by atoms with E-state index in [9.17, 15) is 5.11 Å². The van der Waals surface area contributed by atoms with Gasteiger partial charge in [0.15, 0.2) is 6.29 Å². The lowest BCUT2D eigenvalue weighted by Crippen LogP contribution is -2.56. The van der Waals surface area contributed by atoms with E-state index in [1.165, 1.54) is 44.1 Å². The van der Waals surface area contributed by atoms with Gasteiger partial charge in [0.05, 0.1) is 12.7 Å². The SMILES string of the molecule is C=C1CCC2C3CO[C@@H](C4CCCC4)OC3CCC2(C)C1CCO. The molecule has 1 saturated heterocycles. The average Bonchev–Trinajstić information content (AvgIpc) is 3.12. The molecule has 3 heteroatoms. The van der Waals surface area contributed by atoms with Crippen LogP contribution in [0.15, 0.2) is 12.2 Å². The smallest absolute Gasteiger partial charge is 0.160 e. The second kappa shape index (κ2) is 6.74. The first-order valence-electron chi connectivity index (χ1n) is 10.2. The minimum atomic E-state index is 0.0601. The van der Waals surface area contributed by atoms with Crippen LogP contribution in [-0.2, 0) is 9.47 Å². The van der Waals surface area contributed by atoms with Crippen LogP contribution in [0.2, 0.25) is 0 Å². The first-order valence-corrected chi connectivity index (χ1v) is 10.2. The summed E-state index contributed by atoms with van der Waals surface area (Å²) in [5.74, 6) is 2.29. The van der Waals surface area contributed by atoms with E-state index in [1.54, 1.807) is 0 Å². The molecule has 1 aliphatic heterocycles. The van der Waals surface area contributed by atoms with Crippen molar-refractivity contribution in [1.29, 1.82) is 0 Å². The Hall–Kier alpha value is -0.380. The summed E-state index contributed by atoms with van der Waals surface area (Å²) in [5.41, 5.74) is 1.63. The Morgan fingerprint density at radius 3 is 2.75 bits per heavy atom. The minimum absolute atomic E-state index is 0.0601. The molecule has 1 heterocycles. The predicted molar refractivity (Wildman–Crippen MR) is 94.5 cm³/mol. The molecule has 5 unspecified atom stereocenters. The Labute approximate surface area is 146 Å². The number of rotatable bonds is 3. The summed E-state index contributed by atoms with van der Waals surface area (Å²) >= 11 is 0. The highest BCUT2D eigenvalue weighted by molar-refractivity contribution is 5.15. The zero-order chi connectivity index (χ0) is 16.7. The first-order chi connectivity index (χ1) is 11.6. The molecule has 6 atom stereocenters. The zero-order valence-electron chi connectivity index (χ0n) is 15.2. The monoisotopic (exact) mass is 334 g/mol. The molecule has 3 saturated carbocycles. The van der Waals surface area contributed by atoms with Crippen LogP contribution in [0.1, 0.15) is 64.7 Å². The molecule has 3 aliphatic carbocycles. The normalized spacial score (nSPS) is 46.6. The van der Waals surface area contributed by atoms with E-state index in [-0.39, 0.29) is 18.3 Å². The van der Waals surface area contributed by atoms with Crippen molar-refractivity contribution in [3.63, 3.8) is 0 Å². The van der Waals surface area contributed by atoms with E-state index in [0.29, 0.717) is 29.8 Å². The third-order valence-corrected chi connectivity index (χ3v) is 7.84. The quantitative estimate of drug-likeness (QED) is 0.782. The molecule has 0 aromatic carbocycles. The molecule has 0 spiro atoms. The molecule has 0 amide bonds. The summed E-state index contributed by atoms with van der Waals surface area (Å²) in [7, 11) is 0. The van der Waals surface area contributed by atoms with Crippen LogP contribution in [0, 0.1) is 29.1 Å². The van der Waals surface area contributed by atoms with E-state index in [0.717, 1.165) is 25.9 Å². The molecular weight excluding hydrogens is 300 g/mol. The topological polar surface area (TPSA) is 38.7 Å². The highest BCUT2D eigenvalue weighted by atomic mass is 16.7. The second-order valence-corrected chi connectivity index (χ2v) is 9.00. The maximum atomic E-state index is 9.54. The van der Waals surface area contributed by atoms with E-state index in [4.69, 9.17) is 9.47 Å². The van der Waals surface area contributed by atoms with Crippen LogP contribution in [0.25, 0.3) is 0 Å². The molecular formula is C21H34O3. The Kier molecular flexibility index (Phi) is 4.79. The van der Waals surface area contributed by atoms with Gasteiger partial charge in [0, 0.05) is 18.4 Å². The molecule has 4 fully saturated rings. The second-order valence-electron chi connectivity index (χ2n) is 9.00. The van der Waals surface area contributed by atoms with E-state index in [2.05, 4.69) is 13.5 Å². The van der Waals surface area contributed by atoms with Gasteiger partial charge in [-0.1, -0.05) is 31.9 Å². The predicted octanol–water partition coefficient (Wildman–Crippen LogP) is 4.30. The number of fused-ring (bicyclic) bond motifs is 3. The number of allylic oxidation sites excluding steroid dienone is 1. The molecule has 4 aliphatic rings. The molecule has 136 valence electrons. The highest BCUT2D eigenvalue weighted by Gasteiger charge is 2.54. The Bertz CT molecular complexity index is 470. The standard InChI is InChI=1S/C21H34O3/c1-14-7-8-18-16-13-23-20(15-5-3-4-6-15)24-19(16)9-11-21(18,2)17(14)10-12-22/h15-20,22H,1,3-13H2,2H3/t16?,17?,18?,19?,20-,21?/m1/s1. The van der Waals surface area contributed by atoms with Crippen molar-refractivity contribution in [3.05, 3.63) is 12.2 Å². The van der Waals surface area contributed by atoms with Crippen molar-refractivity contribution < 1.29 is 14.6 Å². The Morgan fingerprint density at radius 2 is 2.00 bits per heavy atom. The van der Waals surface area contributed by atoms with Gasteiger partial charge in [0.1, 0.15) is 0 Å². The molecule has 0 radical (unpaired) electrons. The summed E-state index contributed by atoms with van der Waals surface area (Å²) in [6.45, 7) is 7.95. The first kappa shape index (κ1) is 17.1. The van der Waals surface area contributed by atoms with Crippen molar-refractivity contribution in [2.75, 3.05) is 13.2 Å². The summed E-state index contributed by atoms with van der Waals surface area (Å²) in [5, 5.41) is 9.54. The van der Waals surface area contributed by atoms with Crippen LogP contribution in [-0.4, -0.2) is 30.7 Å². The number of hydrogen-bond donors (Lipinski definition) is 1. The zero-order valence-corrected chi connectivity index (χ0v) is 15.2. The maximum Gasteiger partial charge on any atom is 0.160 e.